The lowest BCUT2D eigenvalue weighted by Crippen LogP contribution is -2.12. The topological polar surface area (TPSA) is 103 Å². The lowest BCUT2D eigenvalue weighted by molar-refractivity contribution is -0.387. The lowest BCUT2D eigenvalue weighted by atomic mass is 10.1. The average Bonchev–Trinajstić information content (AvgIpc) is 3.08. The molecule has 2 aromatic carbocycles. The highest BCUT2D eigenvalue weighted by molar-refractivity contribution is 7.99. The minimum atomic E-state index is -0.505. The predicted molar refractivity (Wildman–Crippen MR) is 107 cm³/mol. The fourth-order valence-electron chi connectivity index (χ4n) is 2.60. The highest BCUT2D eigenvalue weighted by atomic mass is 32.2. The molecule has 0 radical (unpaired) electrons. The second-order valence-electron chi connectivity index (χ2n) is 6.17. The van der Waals surface area contributed by atoms with E-state index in [2.05, 4.69) is 22.4 Å². The number of nitro groups is 1. The van der Waals surface area contributed by atoms with Crippen LogP contribution in [0.5, 0.6) is 0 Å². The molecule has 144 valence electrons. The molecule has 0 aliphatic rings. The van der Waals surface area contributed by atoms with Gasteiger partial charge in [-0.05, 0) is 48.0 Å². The second-order valence-corrected chi connectivity index (χ2v) is 7.18. The summed E-state index contributed by atoms with van der Waals surface area (Å²) in [6.45, 7) is 2.11. The molecule has 3 aromatic rings. The third-order valence-electron chi connectivity index (χ3n) is 4.04. The van der Waals surface area contributed by atoms with Gasteiger partial charge in [-0.2, -0.15) is 0 Å². The Morgan fingerprint density at radius 1 is 1.25 bits per heavy atom. The molecular formula is C19H19N5O3S. The molecule has 0 atom stereocenters. The number of rotatable bonds is 7. The first-order valence-electron chi connectivity index (χ1n) is 8.68. The standard InChI is InChI=1S/C19H19N5O3S/c1-3-4-13-5-8-15(9-6-13)21-18(25)14-7-10-17(16(11-14)24(26)27)28-19-22-20-12-23(19)2/h5-12H,3-4H2,1-2H3,(H,21,25). The van der Waals surface area contributed by atoms with E-state index in [1.807, 2.05) is 24.3 Å². The molecule has 0 spiro atoms. The van der Waals surface area contributed by atoms with E-state index >= 15 is 0 Å². The number of nitro benzene ring substituents is 1. The number of carbonyl (C=O) groups excluding carboxylic acids is 1. The fourth-order valence-corrected chi connectivity index (χ4v) is 3.45. The molecule has 9 heteroatoms. The number of hydrogen-bond donors (Lipinski definition) is 1. The molecule has 0 saturated carbocycles. The number of aryl methyl sites for hydroxylation is 2. The van der Waals surface area contributed by atoms with Crippen molar-refractivity contribution in [2.45, 2.75) is 29.8 Å². The molecule has 8 nitrogen and oxygen atoms in total. The molecule has 0 saturated heterocycles. The minimum absolute atomic E-state index is 0.154. The van der Waals surface area contributed by atoms with E-state index in [0.29, 0.717) is 15.7 Å². The summed E-state index contributed by atoms with van der Waals surface area (Å²) in [5, 5.41) is 22.5. The maximum Gasteiger partial charge on any atom is 0.284 e. The summed E-state index contributed by atoms with van der Waals surface area (Å²) in [4.78, 5) is 23.9. The van der Waals surface area contributed by atoms with Crippen LogP contribution in [-0.4, -0.2) is 25.6 Å². The van der Waals surface area contributed by atoms with Crippen LogP contribution in [0.25, 0.3) is 0 Å². The number of hydrogen-bond acceptors (Lipinski definition) is 6. The quantitative estimate of drug-likeness (QED) is 0.476. The summed E-state index contributed by atoms with van der Waals surface area (Å²) in [7, 11) is 1.75. The van der Waals surface area contributed by atoms with Crippen LogP contribution in [0.15, 0.2) is 58.8 Å². The van der Waals surface area contributed by atoms with Crippen LogP contribution in [0.2, 0.25) is 0 Å². The summed E-state index contributed by atoms with van der Waals surface area (Å²) in [5.74, 6) is -0.401. The van der Waals surface area contributed by atoms with Crippen molar-refractivity contribution in [2.75, 3.05) is 5.32 Å². The zero-order valence-corrected chi connectivity index (χ0v) is 16.3. The Labute approximate surface area is 166 Å². The predicted octanol–water partition coefficient (Wildman–Crippen LogP) is 4.08. The van der Waals surface area contributed by atoms with Gasteiger partial charge in [0, 0.05) is 24.4 Å². The molecule has 3 rings (SSSR count). The first-order chi connectivity index (χ1) is 13.5. The van der Waals surface area contributed by atoms with Crippen LogP contribution in [0, 0.1) is 10.1 Å². The molecule has 1 aromatic heterocycles. The number of anilines is 1. The Bertz CT molecular complexity index is 1000. The van der Waals surface area contributed by atoms with Crippen molar-refractivity contribution in [3.05, 3.63) is 70.0 Å². The van der Waals surface area contributed by atoms with Gasteiger partial charge in [0.25, 0.3) is 11.6 Å². The second kappa shape index (κ2) is 8.66. The third-order valence-corrected chi connectivity index (χ3v) is 5.16. The van der Waals surface area contributed by atoms with Crippen molar-refractivity contribution < 1.29 is 9.72 Å². The number of amides is 1. The zero-order chi connectivity index (χ0) is 20.1. The SMILES string of the molecule is CCCc1ccc(NC(=O)c2ccc(Sc3nncn3C)c([N+](=O)[O-])c2)cc1. The van der Waals surface area contributed by atoms with Gasteiger partial charge in [-0.3, -0.25) is 14.9 Å². The van der Waals surface area contributed by atoms with Crippen molar-refractivity contribution in [1.82, 2.24) is 14.8 Å². The first-order valence-corrected chi connectivity index (χ1v) is 9.50. The summed E-state index contributed by atoms with van der Waals surface area (Å²) in [6, 6.07) is 12.0. The lowest BCUT2D eigenvalue weighted by Gasteiger charge is -2.08. The molecule has 1 amide bonds. The van der Waals surface area contributed by atoms with Gasteiger partial charge in [-0.1, -0.05) is 25.5 Å². The van der Waals surface area contributed by atoms with Gasteiger partial charge in [-0.15, -0.1) is 10.2 Å². The average molecular weight is 397 g/mol. The highest BCUT2D eigenvalue weighted by Crippen LogP contribution is 2.34. The van der Waals surface area contributed by atoms with Crippen molar-refractivity contribution >= 4 is 29.0 Å². The number of benzene rings is 2. The van der Waals surface area contributed by atoms with E-state index in [0.717, 1.165) is 24.6 Å². The summed E-state index contributed by atoms with van der Waals surface area (Å²) in [5.41, 5.74) is 1.90. The Hall–Kier alpha value is -3.20. The van der Waals surface area contributed by atoms with Crippen molar-refractivity contribution in [1.29, 1.82) is 0 Å². The van der Waals surface area contributed by atoms with Crippen molar-refractivity contribution in [3.63, 3.8) is 0 Å². The van der Waals surface area contributed by atoms with Gasteiger partial charge < -0.3 is 9.88 Å². The Morgan fingerprint density at radius 2 is 2.00 bits per heavy atom. The maximum absolute atomic E-state index is 12.5. The van der Waals surface area contributed by atoms with E-state index in [1.54, 1.807) is 23.7 Å². The third kappa shape index (κ3) is 4.55. The highest BCUT2D eigenvalue weighted by Gasteiger charge is 2.20. The minimum Gasteiger partial charge on any atom is -0.322 e. The van der Waals surface area contributed by atoms with Gasteiger partial charge in [0.2, 0.25) is 0 Å². The summed E-state index contributed by atoms with van der Waals surface area (Å²) < 4.78 is 1.66. The molecular weight excluding hydrogens is 378 g/mol. The summed E-state index contributed by atoms with van der Waals surface area (Å²) in [6.07, 6.45) is 3.54. The van der Waals surface area contributed by atoms with E-state index in [-0.39, 0.29) is 11.3 Å². The Morgan fingerprint density at radius 3 is 2.61 bits per heavy atom. The van der Waals surface area contributed by atoms with Crippen molar-refractivity contribution in [3.8, 4) is 0 Å². The Balaban J connectivity index is 1.79. The van der Waals surface area contributed by atoms with Gasteiger partial charge in [0.15, 0.2) is 5.16 Å². The molecule has 0 unspecified atom stereocenters. The molecule has 0 aliphatic heterocycles. The van der Waals surface area contributed by atoms with Crippen LogP contribution in [0.3, 0.4) is 0 Å². The number of carbonyl (C=O) groups is 1. The van der Waals surface area contributed by atoms with Crippen LogP contribution < -0.4 is 5.32 Å². The molecule has 1 N–H and O–H groups in total. The van der Waals surface area contributed by atoms with Gasteiger partial charge in [-0.25, -0.2) is 0 Å². The van der Waals surface area contributed by atoms with Crippen molar-refractivity contribution in [2.24, 2.45) is 7.05 Å². The van der Waals surface area contributed by atoms with Gasteiger partial charge in [0.05, 0.1) is 9.82 Å². The van der Waals surface area contributed by atoms with E-state index in [4.69, 9.17) is 0 Å². The number of nitrogens with zero attached hydrogens (tertiary/aromatic N) is 4. The molecule has 1 heterocycles. The summed E-state index contributed by atoms with van der Waals surface area (Å²) >= 11 is 1.12. The molecule has 0 aliphatic carbocycles. The number of aromatic nitrogens is 3. The molecule has 0 fully saturated rings. The number of nitrogens with one attached hydrogen (secondary N) is 1. The normalized spacial score (nSPS) is 10.6. The smallest absolute Gasteiger partial charge is 0.284 e. The largest absolute Gasteiger partial charge is 0.322 e. The first kappa shape index (κ1) is 19.6. The zero-order valence-electron chi connectivity index (χ0n) is 15.5. The van der Waals surface area contributed by atoms with E-state index in [9.17, 15) is 14.9 Å². The van der Waals surface area contributed by atoms with E-state index < -0.39 is 10.8 Å². The van der Waals surface area contributed by atoms with Crippen LogP contribution in [0.4, 0.5) is 11.4 Å². The Kier molecular flexibility index (Phi) is 6.05. The van der Waals surface area contributed by atoms with E-state index in [1.165, 1.54) is 18.0 Å². The van der Waals surface area contributed by atoms with Gasteiger partial charge in [0.1, 0.15) is 6.33 Å². The fraction of sp³-hybridized carbons (Fsp3) is 0.211. The van der Waals surface area contributed by atoms with Crippen LogP contribution in [-0.2, 0) is 13.5 Å². The molecule has 0 bridgehead atoms. The van der Waals surface area contributed by atoms with Gasteiger partial charge >= 0.3 is 0 Å². The molecule has 28 heavy (non-hydrogen) atoms. The monoisotopic (exact) mass is 397 g/mol. The van der Waals surface area contributed by atoms with Crippen LogP contribution in [0.1, 0.15) is 29.3 Å². The van der Waals surface area contributed by atoms with Crippen LogP contribution >= 0.6 is 11.8 Å². The maximum atomic E-state index is 12.5.